The summed E-state index contributed by atoms with van der Waals surface area (Å²) in [6.45, 7) is -0.464. The van der Waals surface area contributed by atoms with E-state index in [1.54, 1.807) is 5.38 Å². The van der Waals surface area contributed by atoms with Crippen molar-refractivity contribution in [3.8, 4) is 11.3 Å². The van der Waals surface area contributed by atoms with Crippen molar-refractivity contribution < 1.29 is 23.2 Å². The van der Waals surface area contributed by atoms with Crippen LogP contribution < -0.4 is 10.6 Å². The van der Waals surface area contributed by atoms with Crippen LogP contribution in [0.15, 0.2) is 47.8 Å². The molecule has 2 aliphatic rings. The summed E-state index contributed by atoms with van der Waals surface area (Å²) in [6, 6.07) is 10.2. The molecule has 1 fully saturated rings. The Morgan fingerprint density at radius 3 is 2.81 bits per heavy atom. The summed E-state index contributed by atoms with van der Waals surface area (Å²) in [6.07, 6.45) is 1.10. The number of hydrogen-bond donors (Lipinski definition) is 2. The number of aryl methyl sites for hydroxylation is 1. The van der Waals surface area contributed by atoms with E-state index in [0.717, 1.165) is 39.5 Å². The molecular formula is C22H16F2N4O3S. The molecule has 1 spiro atoms. The highest BCUT2D eigenvalue weighted by atomic mass is 32.1. The molecule has 1 atom stereocenters. The summed E-state index contributed by atoms with van der Waals surface area (Å²) >= 11 is 1.09. The summed E-state index contributed by atoms with van der Waals surface area (Å²) in [7, 11) is 0. The molecule has 2 aromatic carbocycles. The molecule has 1 aromatic heterocycles. The van der Waals surface area contributed by atoms with Crippen molar-refractivity contribution in [1.29, 1.82) is 0 Å². The van der Waals surface area contributed by atoms with Crippen LogP contribution in [0.4, 0.5) is 18.7 Å². The number of nitrogens with one attached hydrogen (secondary N) is 2. The van der Waals surface area contributed by atoms with Gasteiger partial charge in [-0.05, 0) is 42.2 Å². The van der Waals surface area contributed by atoms with Crippen LogP contribution in [0.3, 0.4) is 0 Å². The first-order valence-electron chi connectivity index (χ1n) is 9.81. The summed E-state index contributed by atoms with van der Waals surface area (Å²) in [5.74, 6) is -3.01. The third-order valence-corrected chi connectivity index (χ3v) is 6.45. The summed E-state index contributed by atoms with van der Waals surface area (Å²) in [4.78, 5) is 43.3. The van der Waals surface area contributed by atoms with Crippen molar-refractivity contribution in [2.75, 3.05) is 11.9 Å². The Morgan fingerprint density at radius 1 is 1.19 bits per heavy atom. The molecule has 3 aromatic rings. The highest BCUT2D eigenvalue weighted by molar-refractivity contribution is 7.14. The average Bonchev–Trinajstić information content (AvgIpc) is 3.45. The number of fused-ring (bicyclic) bond motifs is 2. The van der Waals surface area contributed by atoms with Gasteiger partial charge in [0.05, 0.1) is 5.69 Å². The van der Waals surface area contributed by atoms with E-state index in [1.807, 2.05) is 24.3 Å². The number of urea groups is 1. The number of thiazole rings is 1. The Hall–Kier alpha value is -3.66. The summed E-state index contributed by atoms with van der Waals surface area (Å²) in [5, 5.41) is 7.11. The maximum Gasteiger partial charge on any atom is 0.325 e. The van der Waals surface area contributed by atoms with Gasteiger partial charge in [0, 0.05) is 10.9 Å². The molecule has 7 nitrogen and oxygen atoms in total. The normalized spacial score (nSPS) is 19.4. The van der Waals surface area contributed by atoms with Gasteiger partial charge in [-0.3, -0.25) is 14.5 Å². The number of carbonyl (C=O) groups is 3. The van der Waals surface area contributed by atoms with Gasteiger partial charge in [0.25, 0.3) is 5.91 Å². The number of halogens is 2. The second-order valence-electron chi connectivity index (χ2n) is 7.60. The molecular weight excluding hydrogens is 438 g/mol. The lowest BCUT2D eigenvalue weighted by atomic mass is 9.92. The first-order chi connectivity index (χ1) is 15.4. The fraction of sp³-hybridized carbons (Fsp3) is 0.182. The van der Waals surface area contributed by atoms with E-state index in [9.17, 15) is 23.2 Å². The highest BCUT2D eigenvalue weighted by Gasteiger charge is 2.55. The maximum absolute atomic E-state index is 13.5. The molecule has 4 amide bonds. The van der Waals surface area contributed by atoms with Crippen LogP contribution in [0, 0.1) is 11.6 Å². The molecule has 2 N–H and O–H groups in total. The predicted molar refractivity (Wildman–Crippen MR) is 113 cm³/mol. The fourth-order valence-corrected chi connectivity index (χ4v) is 4.89. The van der Waals surface area contributed by atoms with Crippen LogP contribution >= 0.6 is 11.3 Å². The zero-order valence-corrected chi connectivity index (χ0v) is 17.3. The molecule has 32 heavy (non-hydrogen) atoms. The maximum atomic E-state index is 13.5. The van der Waals surface area contributed by atoms with E-state index in [2.05, 4.69) is 15.6 Å². The largest absolute Gasteiger partial charge is 0.325 e. The first-order valence-corrected chi connectivity index (χ1v) is 10.7. The molecule has 162 valence electrons. The molecule has 0 bridgehead atoms. The zero-order valence-electron chi connectivity index (χ0n) is 16.5. The van der Waals surface area contributed by atoms with Crippen molar-refractivity contribution in [3.63, 3.8) is 0 Å². The molecule has 10 heteroatoms. The van der Waals surface area contributed by atoms with Gasteiger partial charge in [-0.2, -0.15) is 0 Å². The lowest BCUT2D eigenvalue weighted by Gasteiger charge is -2.22. The van der Waals surface area contributed by atoms with Gasteiger partial charge in [0.1, 0.15) is 12.1 Å². The third-order valence-electron chi connectivity index (χ3n) is 5.69. The number of rotatable bonds is 4. The van der Waals surface area contributed by atoms with Gasteiger partial charge >= 0.3 is 6.03 Å². The van der Waals surface area contributed by atoms with Crippen LogP contribution in [-0.4, -0.2) is 34.3 Å². The monoisotopic (exact) mass is 454 g/mol. The molecule has 1 aliphatic heterocycles. The number of amides is 4. The van der Waals surface area contributed by atoms with Crippen molar-refractivity contribution in [3.05, 3.63) is 70.6 Å². The van der Waals surface area contributed by atoms with E-state index in [4.69, 9.17) is 0 Å². The minimum Gasteiger partial charge on any atom is -0.319 e. The summed E-state index contributed by atoms with van der Waals surface area (Å²) in [5.41, 5.74) is 1.35. The average molecular weight is 454 g/mol. The van der Waals surface area contributed by atoms with Crippen LogP contribution in [0.5, 0.6) is 0 Å². The Balaban J connectivity index is 1.29. The van der Waals surface area contributed by atoms with Crippen LogP contribution in [-0.2, 0) is 21.5 Å². The van der Waals surface area contributed by atoms with Crippen molar-refractivity contribution in [2.24, 2.45) is 0 Å². The number of nitrogens with zero attached hydrogens (tertiary/aromatic N) is 2. The smallest absolute Gasteiger partial charge is 0.319 e. The molecule has 1 unspecified atom stereocenters. The highest BCUT2D eigenvalue weighted by Crippen LogP contribution is 2.41. The minimum absolute atomic E-state index is 0.211. The Labute approximate surface area is 185 Å². The lowest BCUT2D eigenvalue weighted by Crippen LogP contribution is -2.42. The molecule has 0 saturated carbocycles. The van der Waals surface area contributed by atoms with Gasteiger partial charge in [0.15, 0.2) is 16.8 Å². The zero-order chi connectivity index (χ0) is 22.5. The molecule has 1 aliphatic carbocycles. The predicted octanol–water partition coefficient (Wildman–Crippen LogP) is 3.42. The van der Waals surface area contributed by atoms with Crippen LogP contribution in [0.1, 0.15) is 17.5 Å². The van der Waals surface area contributed by atoms with Crippen molar-refractivity contribution >= 4 is 34.3 Å². The third kappa shape index (κ3) is 3.23. The van der Waals surface area contributed by atoms with Gasteiger partial charge in [-0.25, -0.2) is 18.6 Å². The van der Waals surface area contributed by atoms with E-state index < -0.39 is 41.6 Å². The molecule has 2 heterocycles. The standard InChI is InChI=1S/C22H16F2N4O3S/c23-15-6-5-13(9-16(15)24)17-11-32-20(25-17)26-18(29)10-28-19(30)22(27-21(28)31)8-7-12-3-1-2-4-14(12)22/h1-6,9,11H,7-8,10H2,(H,27,31)(H,25,26,29). The fourth-order valence-electron chi connectivity index (χ4n) is 4.15. The first kappa shape index (κ1) is 20.3. The van der Waals surface area contributed by atoms with Gasteiger partial charge in [0.2, 0.25) is 5.91 Å². The summed E-state index contributed by atoms with van der Waals surface area (Å²) < 4.78 is 26.6. The van der Waals surface area contributed by atoms with Crippen LogP contribution in [0.2, 0.25) is 0 Å². The Morgan fingerprint density at radius 2 is 2.00 bits per heavy atom. The molecule has 5 rings (SSSR count). The SMILES string of the molecule is O=C(CN1C(=O)NC2(CCc3ccccc32)C1=O)Nc1nc(-c2ccc(F)c(F)c2)cs1. The number of aromatic nitrogens is 1. The van der Waals surface area contributed by atoms with Gasteiger partial charge < -0.3 is 10.6 Å². The second kappa shape index (κ2) is 7.49. The number of carbonyl (C=O) groups excluding carboxylic acids is 3. The van der Waals surface area contributed by atoms with Crippen LogP contribution in [0.25, 0.3) is 11.3 Å². The Bertz CT molecular complexity index is 1280. The van der Waals surface area contributed by atoms with Gasteiger partial charge in [-0.15, -0.1) is 11.3 Å². The number of hydrogen-bond acceptors (Lipinski definition) is 5. The topological polar surface area (TPSA) is 91.4 Å². The molecule has 0 radical (unpaired) electrons. The molecule has 1 saturated heterocycles. The van der Waals surface area contributed by atoms with Crippen molar-refractivity contribution in [2.45, 2.75) is 18.4 Å². The van der Waals surface area contributed by atoms with Crippen molar-refractivity contribution in [1.82, 2.24) is 15.2 Å². The lowest BCUT2D eigenvalue weighted by molar-refractivity contribution is -0.134. The van der Waals surface area contributed by atoms with E-state index in [1.165, 1.54) is 6.07 Å². The second-order valence-corrected chi connectivity index (χ2v) is 8.46. The minimum atomic E-state index is -1.13. The van der Waals surface area contributed by atoms with E-state index in [0.29, 0.717) is 24.1 Å². The number of anilines is 1. The number of imide groups is 1. The van der Waals surface area contributed by atoms with Gasteiger partial charge in [-0.1, -0.05) is 24.3 Å². The van der Waals surface area contributed by atoms with E-state index in [-0.39, 0.29) is 5.13 Å². The van der Waals surface area contributed by atoms with E-state index >= 15 is 0 Å². The Kier molecular flexibility index (Phi) is 4.74. The number of benzene rings is 2. The quantitative estimate of drug-likeness (QED) is 0.591.